The summed E-state index contributed by atoms with van der Waals surface area (Å²) in [7, 11) is 0. The lowest BCUT2D eigenvalue weighted by atomic mass is 10.1. The topological polar surface area (TPSA) is 69.3 Å². The molecule has 2 aromatic heterocycles. The molecule has 1 aliphatic heterocycles. The van der Waals surface area contributed by atoms with Crippen LogP contribution in [0.25, 0.3) is 33.5 Å². The maximum Gasteiger partial charge on any atom is 0.335 e. The van der Waals surface area contributed by atoms with Crippen molar-refractivity contribution in [1.82, 2.24) is 14.1 Å². The largest absolute Gasteiger partial charge is 0.489 e. The summed E-state index contributed by atoms with van der Waals surface area (Å²) in [6.07, 6.45) is 2.56. The number of carboxylic acids is 1. The molecule has 0 unspecified atom stereocenters. The minimum absolute atomic E-state index is 0.208. The lowest BCUT2D eigenvalue weighted by Crippen LogP contribution is -2.16. The number of ether oxygens (including phenoxy) is 1. The fourth-order valence-electron chi connectivity index (χ4n) is 4.27. The first-order valence-corrected chi connectivity index (χ1v) is 9.68. The van der Waals surface area contributed by atoms with Gasteiger partial charge in [0.2, 0.25) is 0 Å². The van der Waals surface area contributed by atoms with Crippen LogP contribution >= 0.6 is 0 Å². The number of hydrogen-bond donors (Lipinski definition) is 1. The van der Waals surface area contributed by atoms with Crippen LogP contribution in [0.5, 0.6) is 5.75 Å². The monoisotopic (exact) mass is 373 g/mol. The average Bonchev–Trinajstić information content (AvgIpc) is 3.35. The Morgan fingerprint density at radius 2 is 2.07 bits per heavy atom. The van der Waals surface area contributed by atoms with E-state index in [1.165, 1.54) is 23.7 Å². The Labute approximate surface area is 161 Å². The highest BCUT2D eigenvalue weighted by atomic mass is 16.5. The van der Waals surface area contributed by atoms with Crippen molar-refractivity contribution in [2.45, 2.75) is 25.9 Å². The number of rotatable bonds is 4. The van der Waals surface area contributed by atoms with E-state index in [4.69, 9.17) is 9.72 Å². The van der Waals surface area contributed by atoms with E-state index in [1.807, 2.05) is 0 Å². The SMILES string of the molecule is O=C(O)c1cc2c3c(c1)nc(-c1cc4ccccc4n1CC1CC1)n3CCO2. The van der Waals surface area contributed by atoms with E-state index in [9.17, 15) is 9.90 Å². The molecule has 0 bridgehead atoms. The van der Waals surface area contributed by atoms with E-state index in [0.717, 1.165) is 29.5 Å². The normalized spacial score (nSPS) is 15.9. The Hall–Kier alpha value is -3.28. The van der Waals surface area contributed by atoms with E-state index >= 15 is 0 Å². The Kier molecular flexibility index (Phi) is 3.15. The summed E-state index contributed by atoms with van der Waals surface area (Å²) in [6.45, 7) is 2.21. The molecule has 0 saturated heterocycles. The first-order chi connectivity index (χ1) is 13.7. The highest BCUT2D eigenvalue weighted by molar-refractivity contribution is 5.97. The van der Waals surface area contributed by atoms with Crippen molar-refractivity contribution >= 4 is 27.9 Å². The quantitative estimate of drug-likeness (QED) is 0.583. The molecule has 0 atom stereocenters. The minimum Gasteiger partial charge on any atom is -0.489 e. The second-order valence-electron chi connectivity index (χ2n) is 7.73. The molecule has 1 N–H and O–H groups in total. The summed E-state index contributed by atoms with van der Waals surface area (Å²) in [4.78, 5) is 16.4. The van der Waals surface area contributed by atoms with Crippen molar-refractivity contribution < 1.29 is 14.6 Å². The van der Waals surface area contributed by atoms with Crippen LogP contribution in [0.2, 0.25) is 0 Å². The molecule has 6 heteroatoms. The molecular formula is C22H19N3O3. The van der Waals surface area contributed by atoms with Gasteiger partial charge in [-0.3, -0.25) is 0 Å². The van der Waals surface area contributed by atoms with Gasteiger partial charge in [0.15, 0.2) is 5.82 Å². The van der Waals surface area contributed by atoms with Crippen LogP contribution < -0.4 is 4.74 Å². The molecule has 6 nitrogen and oxygen atoms in total. The number of nitrogens with zero attached hydrogens (tertiary/aromatic N) is 3. The predicted molar refractivity (Wildman–Crippen MR) is 106 cm³/mol. The standard InChI is InChI=1S/C22H19N3O3/c26-22(27)15-9-16-20-19(11-15)28-8-7-24(20)21(23-16)18-10-14-3-1-2-4-17(14)25(18)12-13-5-6-13/h1-4,9-11,13H,5-8,12H2,(H,26,27). The Bertz CT molecular complexity index is 1260. The third-order valence-corrected chi connectivity index (χ3v) is 5.80. The van der Waals surface area contributed by atoms with Crippen LogP contribution in [0.4, 0.5) is 0 Å². The van der Waals surface area contributed by atoms with Crippen LogP contribution in [0.1, 0.15) is 23.2 Å². The second-order valence-corrected chi connectivity index (χ2v) is 7.73. The van der Waals surface area contributed by atoms with E-state index in [-0.39, 0.29) is 5.56 Å². The Morgan fingerprint density at radius 1 is 1.21 bits per heavy atom. The van der Waals surface area contributed by atoms with Crippen molar-refractivity contribution in [3.8, 4) is 17.3 Å². The summed E-state index contributed by atoms with van der Waals surface area (Å²) in [5, 5.41) is 10.6. The Morgan fingerprint density at radius 3 is 2.89 bits per heavy atom. The lowest BCUT2D eigenvalue weighted by molar-refractivity contribution is 0.0696. The van der Waals surface area contributed by atoms with Gasteiger partial charge in [0.1, 0.15) is 17.9 Å². The van der Waals surface area contributed by atoms with Crippen LogP contribution in [0, 0.1) is 5.92 Å². The van der Waals surface area contributed by atoms with Crippen LogP contribution in [0.3, 0.4) is 0 Å². The van der Waals surface area contributed by atoms with Crippen LogP contribution in [-0.4, -0.2) is 31.8 Å². The Balaban J connectivity index is 1.63. The highest BCUT2D eigenvalue weighted by Crippen LogP contribution is 2.39. The van der Waals surface area contributed by atoms with Gasteiger partial charge in [-0.2, -0.15) is 0 Å². The van der Waals surface area contributed by atoms with Crippen molar-refractivity contribution in [2.24, 2.45) is 5.92 Å². The van der Waals surface area contributed by atoms with Crippen molar-refractivity contribution in [1.29, 1.82) is 0 Å². The molecule has 1 fully saturated rings. The van der Waals surface area contributed by atoms with Gasteiger partial charge in [-0.1, -0.05) is 18.2 Å². The van der Waals surface area contributed by atoms with Gasteiger partial charge in [-0.15, -0.1) is 0 Å². The van der Waals surface area contributed by atoms with E-state index < -0.39 is 5.97 Å². The molecular weight excluding hydrogens is 354 g/mol. The summed E-state index contributed by atoms with van der Waals surface area (Å²) < 4.78 is 10.3. The molecule has 140 valence electrons. The third-order valence-electron chi connectivity index (χ3n) is 5.80. The summed E-state index contributed by atoms with van der Waals surface area (Å²) >= 11 is 0. The third kappa shape index (κ3) is 2.27. The second kappa shape index (κ2) is 5.61. The van der Waals surface area contributed by atoms with Crippen LogP contribution in [0.15, 0.2) is 42.5 Å². The lowest BCUT2D eigenvalue weighted by Gasteiger charge is -2.19. The molecule has 0 radical (unpaired) electrons. The van der Waals surface area contributed by atoms with Crippen LogP contribution in [-0.2, 0) is 13.1 Å². The van der Waals surface area contributed by atoms with E-state index in [0.29, 0.717) is 24.4 Å². The van der Waals surface area contributed by atoms with Crippen molar-refractivity contribution in [3.05, 3.63) is 48.0 Å². The fourth-order valence-corrected chi connectivity index (χ4v) is 4.27. The summed E-state index contributed by atoms with van der Waals surface area (Å²) in [6, 6.07) is 13.9. The molecule has 28 heavy (non-hydrogen) atoms. The number of para-hydroxylation sites is 1. The molecule has 2 aliphatic rings. The minimum atomic E-state index is -0.966. The first kappa shape index (κ1) is 15.7. The van der Waals surface area contributed by atoms with Crippen molar-refractivity contribution in [2.75, 3.05) is 6.61 Å². The van der Waals surface area contributed by atoms with Gasteiger partial charge in [-0.05, 0) is 43.0 Å². The smallest absolute Gasteiger partial charge is 0.335 e. The maximum atomic E-state index is 11.5. The van der Waals surface area contributed by atoms with Gasteiger partial charge >= 0.3 is 5.97 Å². The summed E-state index contributed by atoms with van der Waals surface area (Å²) in [5.41, 5.74) is 4.08. The van der Waals surface area contributed by atoms with Gasteiger partial charge in [0.25, 0.3) is 0 Å². The zero-order chi connectivity index (χ0) is 18.8. The number of fused-ring (bicyclic) bond motifs is 1. The number of carboxylic acid groups (broad SMARTS) is 1. The number of benzene rings is 2. The van der Waals surface area contributed by atoms with Gasteiger partial charge in [-0.25, -0.2) is 9.78 Å². The van der Waals surface area contributed by atoms with Gasteiger partial charge < -0.3 is 19.0 Å². The van der Waals surface area contributed by atoms with E-state index in [2.05, 4.69) is 39.5 Å². The molecule has 3 heterocycles. The molecule has 4 aromatic rings. The summed E-state index contributed by atoms with van der Waals surface area (Å²) in [5.74, 6) is 1.26. The average molecular weight is 373 g/mol. The zero-order valence-electron chi connectivity index (χ0n) is 15.3. The molecule has 0 amide bonds. The van der Waals surface area contributed by atoms with Gasteiger partial charge in [0.05, 0.1) is 23.3 Å². The number of aromatic nitrogens is 3. The fraction of sp³-hybridized carbons (Fsp3) is 0.273. The number of hydrogen-bond acceptors (Lipinski definition) is 3. The predicted octanol–water partition coefficient (Wildman–Crippen LogP) is 4.16. The number of carbonyl (C=O) groups is 1. The maximum absolute atomic E-state index is 11.5. The van der Waals surface area contributed by atoms with Crippen molar-refractivity contribution in [3.63, 3.8) is 0 Å². The molecule has 1 aliphatic carbocycles. The highest BCUT2D eigenvalue weighted by Gasteiger charge is 2.27. The van der Waals surface area contributed by atoms with E-state index in [1.54, 1.807) is 12.1 Å². The molecule has 0 spiro atoms. The molecule has 6 rings (SSSR count). The molecule has 1 saturated carbocycles. The molecule has 2 aromatic carbocycles. The number of aromatic carboxylic acids is 1. The number of imidazole rings is 1. The zero-order valence-corrected chi connectivity index (χ0v) is 15.3. The van der Waals surface area contributed by atoms with Gasteiger partial charge in [0, 0.05) is 17.4 Å². The first-order valence-electron chi connectivity index (χ1n) is 9.68.